The first-order chi connectivity index (χ1) is 10.6. The van der Waals surface area contributed by atoms with Crippen molar-refractivity contribution in [3.63, 3.8) is 0 Å². The fourth-order valence-corrected chi connectivity index (χ4v) is 2.02. The molecule has 0 amide bonds. The quantitative estimate of drug-likeness (QED) is 0.792. The van der Waals surface area contributed by atoms with E-state index in [2.05, 4.69) is 19.4 Å². The minimum atomic E-state index is -4.80. The van der Waals surface area contributed by atoms with E-state index in [0.717, 1.165) is 6.07 Å². The first-order valence-corrected chi connectivity index (χ1v) is 7.48. The molecule has 0 saturated heterocycles. The van der Waals surface area contributed by atoms with Crippen molar-refractivity contribution in [3.05, 3.63) is 35.5 Å². The highest BCUT2D eigenvalue weighted by atomic mass is 32.2. The summed E-state index contributed by atoms with van der Waals surface area (Å²) < 4.78 is 81.5. The van der Waals surface area contributed by atoms with Crippen LogP contribution in [0.25, 0.3) is 11.4 Å². The van der Waals surface area contributed by atoms with Gasteiger partial charge in [-0.05, 0) is 6.07 Å². The van der Waals surface area contributed by atoms with Gasteiger partial charge in [-0.3, -0.25) is 0 Å². The Morgan fingerprint density at radius 2 is 2.00 bits per heavy atom. The Labute approximate surface area is 127 Å². The fourth-order valence-electron chi connectivity index (χ4n) is 1.53. The summed E-state index contributed by atoms with van der Waals surface area (Å²) in [5.74, 6) is -2.81. The zero-order valence-electron chi connectivity index (χ0n) is 11.5. The van der Waals surface area contributed by atoms with Crippen LogP contribution in [0.1, 0.15) is 11.5 Å². The van der Waals surface area contributed by atoms with Crippen LogP contribution in [-0.2, 0) is 22.9 Å². The standard InChI is InChI=1S/C11H10F4N4O3S/c1-16-23(20,21)17-5-7-3-2-6(4-8(7)12)9-18-10(22-19-9)11(13,14)15/h2-4,16-17H,5H2,1H3. The van der Waals surface area contributed by atoms with Crippen LogP contribution in [0.4, 0.5) is 17.6 Å². The monoisotopic (exact) mass is 354 g/mol. The van der Waals surface area contributed by atoms with Gasteiger partial charge in [0.1, 0.15) is 5.82 Å². The maximum absolute atomic E-state index is 13.9. The van der Waals surface area contributed by atoms with Crippen LogP contribution in [0.2, 0.25) is 0 Å². The van der Waals surface area contributed by atoms with Gasteiger partial charge in [-0.15, -0.1) is 0 Å². The molecule has 0 aliphatic rings. The molecule has 2 N–H and O–H groups in total. The third kappa shape index (κ3) is 4.24. The zero-order chi connectivity index (χ0) is 17.3. The summed E-state index contributed by atoms with van der Waals surface area (Å²) in [6.07, 6.45) is -4.80. The maximum atomic E-state index is 13.9. The molecule has 1 heterocycles. The molecule has 2 aromatic rings. The van der Waals surface area contributed by atoms with Crippen molar-refractivity contribution in [3.8, 4) is 11.4 Å². The van der Waals surface area contributed by atoms with Crippen molar-refractivity contribution in [1.29, 1.82) is 0 Å². The van der Waals surface area contributed by atoms with Crippen molar-refractivity contribution in [2.75, 3.05) is 7.05 Å². The van der Waals surface area contributed by atoms with Crippen LogP contribution in [0.15, 0.2) is 22.7 Å². The summed E-state index contributed by atoms with van der Waals surface area (Å²) in [6.45, 7) is -0.338. The van der Waals surface area contributed by atoms with E-state index in [4.69, 9.17) is 0 Å². The molecule has 1 aromatic heterocycles. The Balaban J connectivity index is 2.21. The van der Waals surface area contributed by atoms with E-state index < -0.39 is 33.9 Å². The first-order valence-electron chi connectivity index (χ1n) is 6.00. The molecule has 1 aromatic carbocycles. The zero-order valence-corrected chi connectivity index (χ0v) is 12.3. The molecule has 12 heteroatoms. The second-order valence-electron chi connectivity index (χ2n) is 4.26. The largest absolute Gasteiger partial charge is 0.471 e. The lowest BCUT2D eigenvalue weighted by molar-refractivity contribution is -0.159. The molecule has 0 atom stereocenters. The average molecular weight is 354 g/mol. The average Bonchev–Trinajstić information content (AvgIpc) is 2.96. The second-order valence-corrected chi connectivity index (χ2v) is 5.96. The number of hydrogen-bond acceptors (Lipinski definition) is 5. The number of hydrogen-bond donors (Lipinski definition) is 2. The van der Waals surface area contributed by atoms with Gasteiger partial charge in [0, 0.05) is 24.7 Å². The molecule has 0 saturated carbocycles. The number of benzene rings is 1. The number of nitrogens with zero attached hydrogens (tertiary/aromatic N) is 2. The Kier molecular flexibility index (Phi) is 4.68. The van der Waals surface area contributed by atoms with Crippen LogP contribution >= 0.6 is 0 Å². The van der Waals surface area contributed by atoms with Crippen LogP contribution < -0.4 is 9.44 Å². The molecule has 0 unspecified atom stereocenters. The topological polar surface area (TPSA) is 97.1 Å². The first kappa shape index (κ1) is 17.3. The predicted molar refractivity (Wildman–Crippen MR) is 69.5 cm³/mol. The van der Waals surface area contributed by atoms with Gasteiger partial charge < -0.3 is 4.52 Å². The molecule has 0 fully saturated rings. The molecule has 23 heavy (non-hydrogen) atoms. The van der Waals surface area contributed by atoms with Gasteiger partial charge in [0.15, 0.2) is 0 Å². The predicted octanol–water partition coefficient (Wildman–Crippen LogP) is 1.45. The molecule has 0 radical (unpaired) electrons. The van der Waals surface area contributed by atoms with E-state index >= 15 is 0 Å². The number of aromatic nitrogens is 2. The van der Waals surface area contributed by atoms with Gasteiger partial charge in [-0.25, -0.2) is 9.11 Å². The van der Waals surface area contributed by atoms with Gasteiger partial charge in [0.2, 0.25) is 5.82 Å². The SMILES string of the molecule is CNS(=O)(=O)NCc1ccc(-c2noc(C(F)(F)F)n2)cc1F. The Morgan fingerprint density at radius 3 is 2.52 bits per heavy atom. The molecule has 0 spiro atoms. The third-order valence-electron chi connectivity index (χ3n) is 2.70. The van der Waals surface area contributed by atoms with Gasteiger partial charge in [0.05, 0.1) is 0 Å². The third-order valence-corrected chi connectivity index (χ3v) is 3.76. The second kappa shape index (κ2) is 6.22. The van der Waals surface area contributed by atoms with Crippen LogP contribution in [0, 0.1) is 5.82 Å². The van der Waals surface area contributed by atoms with E-state index in [9.17, 15) is 26.0 Å². The summed E-state index contributed by atoms with van der Waals surface area (Å²) >= 11 is 0. The summed E-state index contributed by atoms with van der Waals surface area (Å²) in [5.41, 5.74) is -0.0471. The van der Waals surface area contributed by atoms with Crippen molar-refractivity contribution in [2.45, 2.75) is 12.7 Å². The Morgan fingerprint density at radius 1 is 1.30 bits per heavy atom. The van der Waals surface area contributed by atoms with Crippen LogP contribution in [0.3, 0.4) is 0 Å². The number of rotatable bonds is 5. The number of nitrogens with one attached hydrogen (secondary N) is 2. The lowest BCUT2D eigenvalue weighted by Crippen LogP contribution is -2.33. The van der Waals surface area contributed by atoms with E-state index in [1.807, 2.05) is 4.72 Å². The highest BCUT2D eigenvalue weighted by molar-refractivity contribution is 7.87. The summed E-state index contributed by atoms with van der Waals surface area (Å²) in [6, 6.07) is 3.33. The smallest absolute Gasteiger partial charge is 0.329 e. The minimum Gasteiger partial charge on any atom is -0.329 e. The molecular formula is C11H10F4N4O3S. The molecule has 126 valence electrons. The number of alkyl halides is 3. The minimum absolute atomic E-state index is 0.00730. The molecule has 0 aliphatic heterocycles. The van der Waals surface area contributed by atoms with Crippen LogP contribution in [-0.4, -0.2) is 25.6 Å². The van der Waals surface area contributed by atoms with Crippen LogP contribution in [0.5, 0.6) is 0 Å². The van der Waals surface area contributed by atoms with E-state index in [1.54, 1.807) is 0 Å². The molecule has 7 nitrogen and oxygen atoms in total. The summed E-state index contributed by atoms with van der Waals surface area (Å²) in [7, 11) is -2.56. The lowest BCUT2D eigenvalue weighted by Gasteiger charge is -2.06. The maximum Gasteiger partial charge on any atom is 0.471 e. The van der Waals surface area contributed by atoms with Gasteiger partial charge >= 0.3 is 12.1 Å². The number of halogens is 4. The highest BCUT2D eigenvalue weighted by Gasteiger charge is 2.38. The Hall–Kier alpha value is -2.05. The highest BCUT2D eigenvalue weighted by Crippen LogP contribution is 2.29. The Bertz CT molecular complexity index is 804. The van der Waals surface area contributed by atoms with Gasteiger partial charge in [0.25, 0.3) is 10.2 Å². The van der Waals surface area contributed by atoms with Gasteiger partial charge in [-0.2, -0.15) is 31.3 Å². The molecular weight excluding hydrogens is 344 g/mol. The summed E-state index contributed by atoms with van der Waals surface area (Å²) in [4.78, 5) is 3.13. The fraction of sp³-hybridized carbons (Fsp3) is 0.273. The van der Waals surface area contributed by atoms with E-state index in [0.29, 0.717) is 0 Å². The van der Waals surface area contributed by atoms with Gasteiger partial charge in [-0.1, -0.05) is 17.3 Å². The lowest BCUT2D eigenvalue weighted by atomic mass is 10.1. The molecule has 2 rings (SSSR count). The van der Waals surface area contributed by atoms with Crippen molar-refractivity contribution in [2.24, 2.45) is 0 Å². The van der Waals surface area contributed by atoms with E-state index in [1.165, 1.54) is 19.2 Å². The summed E-state index contributed by atoms with van der Waals surface area (Å²) in [5, 5.41) is 3.13. The van der Waals surface area contributed by atoms with Crippen molar-refractivity contribution < 1.29 is 30.5 Å². The van der Waals surface area contributed by atoms with Crippen molar-refractivity contribution >= 4 is 10.2 Å². The molecule has 0 bridgehead atoms. The molecule has 0 aliphatic carbocycles. The van der Waals surface area contributed by atoms with Crippen molar-refractivity contribution in [1.82, 2.24) is 19.6 Å². The van der Waals surface area contributed by atoms with E-state index in [-0.39, 0.29) is 17.7 Å². The normalized spacial score (nSPS) is 12.6.